The van der Waals surface area contributed by atoms with Gasteiger partial charge in [-0.3, -0.25) is 4.55 Å². The van der Waals surface area contributed by atoms with Gasteiger partial charge in [0.25, 0.3) is 0 Å². The van der Waals surface area contributed by atoms with Crippen LogP contribution in [-0.2, 0) is 10.3 Å². The molecule has 0 aliphatic heterocycles. The van der Waals surface area contributed by atoms with Gasteiger partial charge in [-0.15, -0.1) is 0 Å². The molecule has 17 heavy (non-hydrogen) atoms. The number of hydrogen-bond donors (Lipinski definition) is 6. The topological polar surface area (TPSA) is 145 Å². The zero-order valence-corrected chi connectivity index (χ0v) is 10.9. The van der Waals surface area contributed by atoms with Crippen LogP contribution in [0.2, 0.25) is 0 Å². The van der Waals surface area contributed by atoms with Crippen molar-refractivity contribution in [3.63, 3.8) is 0 Å². The molecule has 0 radical (unpaired) electrons. The van der Waals surface area contributed by atoms with E-state index in [-0.39, 0.29) is 12.7 Å². The van der Waals surface area contributed by atoms with Gasteiger partial charge in [-0.1, -0.05) is 0 Å². The fourth-order valence-electron chi connectivity index (χ4n) is 0.892. The van der Waals surface area contributed by atoms with E-state index in [1.807, 2.05) is 6.92 Å². The van der Waals surface area contributed by atoms with Crippen molar-refractivity contribution in [3.05, 3.63) is 0 Å². The van der Waals surface area contributed by atoms with E-state index in [1.54, 1.807) is 6.92 Å². The highest BCUT2D eigenvalue weighted by atomic mass is 32.2. The van der Waals surface area contributed by atoms with Gasteiger partial charge in [0, 0.05) is 25.7 Å². The highest BCUT2D eigenvalue weighted by molar-refractivity contribution is 7.83. The van der Waals surface area contributed by atoms with Gasteiger partial charge in [0.1, 0.15) is 0 Å². The van der Waals surface area contributed by atoms with E-state index in [9.17, 15) is 0 Å². The number of hydrogen-bond acceptors (Lipinski definition) is 6. The van der Waals surface area contributed by atoms with Crippen LogP contribution in [0.3, 0.4) is 0 Å². The highest BCUT2D eigenvalue weighted by Crippen LogP contribution is 1.79. The van der Waals surface area contributed by atoms with Crippen LogP contribution < -0.4 is 15.8 Å². The summed E-state index contributed by atoms with van der Waals surface area (Å²) in [6, 6.07) is 0.330. The van der Waals surface area contributed by atoms with Gasteiger partial charge in [-0.25, -0.2) is 5.14 Å². The average molecular weight is 273 g/mol. The maximum atomic E-state index is 8.97. The summed E-state index contributed by atoms with van der Waals surface area (Å²) in [5.74, 6) is 0. The molecule has 0 aromatic rings. The molecule has 7 N–H and O–H groups in total. The van der Waals surface area contributed by atoms with E-state index in [4.69, 9.17) is 23.2 Å². The summed E-state index contributed by atoms with van der Waals surface area (Å²) in [4.78, 5) is 0. The molecule has 0 saturated carbocycles. The molecule has 9 heteroatoms. The molecule has 0 bridgehead atoms. The second-order valence-electron chi connectivity index (χ2n) is 3.60. The zero-order valence-electron chi connectivity index (χ0n) is 10.1. The molecule has 8 nitrogen and oxygen atoms in total. The predicted octanol–water partition coefficient (Wildman–Crippen LogP) is -2.32. The molecule has 0 spiro atoms. The van der Waals surface area contributed by atoms with Gasteiger partial charge in [0.2, 0.25) is 0 Å². The second-order valence-corrected chi connectivity index (χ2v) is 4.63. The molecule has 0 saturated heterocycles. The first-order chi connectivity index (χ1) is 7.66. The molecular formula is C8H23N3O5S. The van der Waals surface area contributed by atoms with Crippen molar-refractivity contribution < 1.29 is 23.2 Å². The molecule has 2 atom stereocenters. The number of rotatable bonds is 7. The van der Waals surface area contributed by atoms with Gasteiger partial charge in [0.15, 0.2) is 0 Å². The third kappa shape index (κ3) is 31.3. The first-order valence-corrected chi connectivity index (χ1v) is 6.65. The van der Waals surface area contributed by atoms with Gasteiger partial charge in [0.05, 0.1) is 12.7 Å². The maximum Gasteiger partial charge on any atom is 0.330 e. The Kier molecular flexibility index (Phi) is 12.2. The van der Waals surface area contributed by atoms with E-state index in [1.165, 1.54) is 0 Å². The first kappa shape index (κ1) is 19.1. The second kappa shape index (κ2) is 10.8. The summed E-state index contributed by atoms with van der Waals surface area (Å²) in [7, 11) is -4.17. The molecule has 0 aliphatic carbocycles. The minimum absolute atomic E-state index is 0.167. The summed E-state index contributed by atoms with van der Waals surface area (Å²) in [5.41, 5.74) is 0. The van der Waals surface area contributed by atoms with E-state index in [0.717, 1.165) is 6.54 Å². The third-order valence-corrected chi connectivity index (χ3v) is 1.49. The normalized spacial score (nSPS) is 14.7. The number of nitrogens with one attached hydrogen (secondary N) is 2. The van der Waals surface area contributed by atoms with E-state index < -0.39 is 10.3 Å². The zero-order chi connectivity index (χ0) is 13.9. The van der Waals surface area contributed by atoms with Crippen LogP contribution in [0, 0.1) is 0 Å². The van der Waals surface area contributed by atoms with Crippen molar-refractivity contribution in [1.82, 2.24) is 10.6 Å². The Hall–Kier alpha value is -0.290. The standard InChI is InChI=1S/C8H20N2O2.H3NO3S/c1-7(10-3-4-11)5-9-6-8(2)12;1-5(2,3)4/h7-12H,3-6H2,1-2H3;(H3,1,2,3,4). The Morgan fingerprint density at radius 1 is 1.29 bits per heavy atom. The third-order valence-electron chi connectivity index (χ3n) is 1.49. The molecule has 0 aromatic carbocycles. The van der Waals surface area contributed by atoms with Crippen molar-refractivity contribution >= 4 is 10.3 Å². The van der Waals surface area contributed by atoms with Crippen LogP contribution in [0.1, 0.15) is 13.8 Å². The fraction of sp³-hybridized carbons (Fsp3) is 1.00. The summed E-state index contributed by atoms with van der Waals surface area (Å²) in [6.45, 7) is 6.00. The van der Waals surface area contributed by atoms with Gasteiger partial charge in [-0.2, -0.15) is 8.42 Å². The quantitative estimate of drug-likeness (QED) is 0.285. The Labute approximate surface area is 102 Å². The van der Waals surface area contributed by atoms with Gasteiger partial charge in [-0.05, 0) is 13.8 Å². The molecule has 106 valence electrons. The lowest BCUT2D eigenvalue weighted by Crippen LogP contribution is -2.39. The summed E-state index contributed by atoms with van der Waals surface area (Å²) < 4.78 is 25.2. The largest absolute Gasteiger partial charge is 0.395 e. The predicted molar refractivity (Wildman–Crippen MR) is 64.8 cm³/mol. The van der Waals surface area contributed by atoms with Crippen molar-refractivity contribution in [2.75, 3.05) is 26.2 Å². The van der Waals surface area contributed by atoms with Crippen molar-refractivity contribution in [2.24, 2.45) is 5.14 Å². The number of aliphatic hydroxyl groups is 2. The van der Waals surface area contributed by atoms with Crippen LogP contribution in [0.25, 0.3) is 0 Å². The molecular weight excluding hydrogens is 250 g/mol. The molecule has 0 fully saturated rings. The Morgan fingerprint density at radius 2 is 1.76 bits per heavy atom. The molecule has 0 amide bonds. The molecule has 0 heterocycles. The van der Waals surface area contributed by atoms with Crippen LogP contribution in [0.15, 0.2) is 0 Å². The van der Waals surface area contributed by atoms with Crippen molar-refractivity contribution in [1.29, 1.82) is 0 Å². The smallest absolute Gasteiger partial charge is 0.330 e. The highest BCUT2D eigenvalue weighted by Gasteiger charge is 2.00. The first-order valence-electron chi connectivity index (χ1n) is 5.15. The Morgan fingerprint density at radius 3 is 2.12 bits per heavy atom. The monoisotopic (exact) mass is 273 g/mol. The van der Waals surface area contributed by atoms with Crippen LogP contribution in [0.4, 0.5) is 0 Å². The lowest BCUT2D eigenvalue weighted by Gasteiger charge is -2.14. The van der Waals surface area contributed by atoms with E-state index in [2.05, 4.69) is 15.8 Å². The maximum absolute atomic E-state index is 8.97. The lowest BCUT2D eigenvalue weighted by atomic mass is 10.3. The average Bonchev–Trinajstić information content (AvgIpc) is 2.11. The van der Waals surface area contributed by atoms with Crippen molar-refractivity contribution in [2.45, 2.75) is 26.0 Å². The summed E-state index contributed by atoms with van der Waals surface area (Å²) in [6.07, 6.45) is -0.296. The van der Waals surface area contributed by atoms with E-state index >= 15 is 0 Å². The molecule has 0 aliphatic rings. The Bertz CT molecular complexity index is 250. The van der Waals surface area contributed by atoms with Crippen LogP contribution in [-0.4, -0.2) is 61.6 Å². The van der Waals surface area contributed by atoms with E-state index in [0.29, 0.717) is 19.1 Å². The lowest BCUT2D eigenvalue weighted by molar-refractivity contribution is 0.190. The molecule has 2 unspecified atom stereocenters. The van der Waals surface area contributed by atoms with Crippen LogP contribution >= 0.6 is 0 Å². The summed E-state index contributed by atoms with van der Waals surface area (Å²) in [5, 5.41) is 27.5. The minimum Gasteiger partial charge on any atom is -0.395 e. The molecule has 0 aromatic heterocycles. The van der Waals surface area contributed by atoms with Gasteiger partial charge < -0.3 is 20.8 Å². The minimum atomic E-state index is -4.17. The number of nitrogens with two attached hydrogens (primary N) is 1. The van der Waals surface area contributed by atoms with Gasteiger partial charge >= 0.3 is 10.3 Å². The SMILES string of the molecule is CC(O)CNCC(C)NCCO.NS(=O)(=O)O. The number of aliphatic hydroxyl groups excluding tert-OH is 2. The fourth-order valence-corrected chi connectivity index (χ4v) is 0.892. The summed E-state index contributed by atoms with van der Waals surface area (Å²) >= 11 is 0. The van der Waals surface area contributed by atoms with Crippen LogP contribution in [0.5, 0.6) is 0 Å². The molecule has 0 rings (SSSR count). The Balaban J connectivity index is 0. The van der Waals surface area contributed by atoms with Crippen molar-refractivity contribution in [3.8, 4) is 0 Å².